The standard InChI is InChI=1S/C26H24N8O2/c1-13-3-2-4-14-9-17(34(16-6-7-16)25(35)20(13)14)11-33-24-21(23(27)29-12-30-24)22(32-33)15-5-8-19-18(10-15)31-26(28)36-19/h2-5,8-10,12,16,21,24H,6-7,11H2,1H3,(H2,28,31)(H2,27,29,30). The number of nitrogen functional groups attached to an aromatic ring is 1. The van der Waals surface area contributed by atoms with Crippen molar-refractivity contribution in [3.05, 3.63) is 69.6 Å². The minimum absolute atomic E-state index is 0.0605. The number of nitrogens with two attached hydrogens (primary N) is 2. The lowest BCUT2D eigenvalue weighted by Crippen LogP contribution is -2.42. The van der Waals surface area contributed by atoms with E-state index in [0.29, 0.717) is 23.5 Å². The van der Waals surface area contributed by atoms with Gasteiger partial charge in [-0.15, -0.1) is 0 Å². The Labute approximate surface area is 205 Å². The molecule has 0 saturated heterocycles. The second-order valence-electron chi connectivity index (χ2n) is 9.61. The molecule has 10 heteroatoms. The second-order valence-corrected chi connectivity index (χ2v) is 9.61. The normalized spacial score (nSPS) is 21.2. The number of oxazole rings is 1. The monoisotopic (exact) mass is 480 g/mol. The molecule has 0 bridgehead atoms. The number of hydrazone groups is 1. The molecule has 2 atom stereocenters. The van der Waals surface area contributed by atoms with E-state index in [2.05, 4.69) is 21.0 Å². The number of aromatic nitrogens is 2. The Hall–Kier alpha value is -4.47. The van der Waals surface area contributed by atoms with Gasteiger partial charge in [0.15, 0.2) is 11.7 Å². The molecule has 4 heterocycles. The maximum absolute atomic E-state index is 13.6. The van der Waals surface area contributed by atoms with Crippen molar-refractivity contribution in [2.45, 2.75) is 38.5 Å². The van der Waals surface area contributed by atoms with Gasteiger partial charge in [-0.2, -0.15) is 10.1 Å². The predicted molar refractivity (Wildman–Crippen MR) is 139 cm³/mol. The first kappa shape index (κ1) is 20.9. The number of hydrogen-bond donors (Lipinski definition) is 2. The van der Waals surface area contributed by atoms with Crippen molar-refractivity contribution in [1.29, 1.82) is 0 Å². The third kappa shape index (κ3) is 3.14. The van der Waals surface area contributed by atoms with E-state index in [1.165, 1.54) is 6.34 Å². The van der Waals surface area contributed by atoms with E-state index in [9.17, 15) is 4.79 Å². The highest BCUT2D eigenvalue weighted by molar-refractivity contribution is 6.17. The first-order valence-corrected chi connectivity index (χ1v) is 12.0. The lowest BCUT2D eigenvalue weighted by molar-refractivity contribution is 0.208. The van der Waals surface area contributed by atoms with Gasteiger partial charge in [0, 0.05) is 17.3 Å². The molecule has 0 amide bonds. The van der Waals surface area contributed by atoms with E-state index < -0.39 is 0 Å². The molecule has 7 rings (SSSR count). The molecule has 1 aliphatic carbocycles. The highest BCUT2D eigenvalue weighted by Crippen LogP contribution is 2.37. The Morgan fingerprint density at radius 3 is 2.83 bits per heavy atom. The van der Waals surface area contributed by atoms with Gasteiger partial charge in [0.2, 0.25) is 0 Å². The second kappa shape index (κ2) is 7.51. The van der Waals surface area contributed by atoms with Crippen LogP contribution in [0.1, 0.15) is 35.7 Å². The van der Waals surface area contributed by atoms with Gasteiger partial charge in [-0.05, 0) is 55.0 Å². The summed E-state index contributed by atoms with van der Waals surface area (Å²) in [5, 5.41) is 8.61. The Morgan fingerprint density at radius 2 is 2.00 bits per heavy atom. The fourth-order valence-electron chi connectivity index (χ4n) is 5.37. The molecule has 10 nitrogen and oxygen atoms in total. The van der Waals surface area contributed by atoms with E-state index in [1.807, 2.05) is 52.9 Å². The molecule has 1 saturated carbocycles. The Balaban J connectivity index is 1.34. The molecule has 4 N–H and O–H groups in total. The number of nitrogens with zero attached hydrogens (tertiary/aromatic N) is 6. The van der Waals surface area contributed by atoms with Gasteiger partial charge < -0.3 is 20.5 Å². The van der Waals surface area contributed by atoms with Crippen LogP contribution in [0.3, 0.4) is 0 Å². The van der Waals surface area contributed by atoms with Crippen LogP contribution in [0.15, 0.2) is 66.8 Å². The van der Waals surface area contributed by atoms with Gasteiger partial charge in [0.05, 0.1) is 17.6 Å². The minimum atomic E-state index is -0.355. The molecular weight excluding hydrogens is 456 g/mol. The molecule has 36 heavy (non-hydrogen) atoms. The van der Waals surface area contributed by atoms with E-state index in [0.717, 1.165) is 46.1 Å². The quantitative estimate of drug-likeness (QED) is 0.460. The lowest BCUT2D eigenvalue weighted by Gasteiger charge is -2.27. The number of anilines is 1. The summed E-state index contributed by atoms with van der Waals surface area (Å²) >= 11 is 0. The first-order valence-electron chi connectivity index (χ1n) is 12.0. The fourth-order valence-corrected chi connectivity index (χ4v) is 5.37. The van der Waals surface area contributed by atoms with Gasteiger partial charge in [0.1, 0.15) is 23.6 Å². The van der Waals surface area contributed by atoms with Crippen LogP contribution in [-0.2, 0) is 6.54 Å². The zero-order valence-corrected chi connectivity index (χ0v) is 19.6. The first-order chi connectivity index (χ1) is 17.5. The number of fused-ring (bicyclic) bond motifs is 3. The maximum Gasteiger partial charge on any atom is 0.292 e. The van der Waals surface area contributed by atoms with Crippen molar-refractivity contribution in [3.8, 4) is 0 Å². The van der Waals surface area contributed by atoms with Crippen molar-refractivity contribution in [1.82, 2.24) is 14.6 Å². The zero-order valence-electron chi connectivity index (χ0n) is 19.6. The number of hydrogen-bond acceptors (Lipinski definition) is 9. The molecule has 2 aliphatic heterocycles. The summed E-state index contributed by atoms with van der Waals surface area (Å²) in [6.45, 7) is 2.41. The van der Waals surface area contributed by atoms with Gasteiger partial charge in [0.25, 0.3) is 11.6 Å². The number of rotatable bonds is 4. The van der Waals surface area contributed by atoms with E-state index in [4.69, 9.17) is 21.0 Å². The summed E-state index contributed by atoms with van der Waals surface area (Å²) in [6, 6.07) is 14.0. The third-order valence-electron chi connectivity index (χ3n) is 7.18. The minimum Gasteiger partial charge on any atom is -0.424 e. The molecular formula is C26H24N8O2. The Bertz CT molecular complexity index is 1710. The highest BCUT2D eigenvalue weighted by Gasteiger charge is 2.42. The van der Waals surface area contributed by atoms with Crippen molar-refractivity contribution >= 4 is 45.8 Å². The molecule has 2 unspecified atom stereocenters. The van der Waals surface area contributed by atoms with Crippen molar-refractivity contribution in [2.24, 2.45) is 26.7 Å². The predicted octanol–water partition coefficient (Wildman–Crippen LogP) is 2.93. The molecule has 0 spiro atoms. The van der Waals surface area contributed by atoms with Crippen LogP contribution in [-0.4, -0.2) is 38.6 Å². The highest BCUT2D eigenvalue weighted by atomic mass is 16.4. The number of aliphatic imine (C=N–C) groups is 2. The Kier molecular flexibility index (Phi) is 4.35. The molecule has 2 aromatic heterocycles. The van der Waals surface area contributed by atoms with Crippen LogP contribution in [0.5, 0.6) is 0 Å². The van der Waals surface area contributed by atoms with Crippen molar-refractivity contribution in [2.75, 3.05) is 5.73 Å². The average molecular weight is 481 g/mol. The number of amidine groups is 1. The van der Waals surface area contributed by atoms with Crippen LogP contribution in [0.4, 0.5) is 6.01 Å². The topological polar surface area (TPSA) is 140 Å². The average Bonchev–Trinajstić information content (AvgIpc) is 3.51. The SMILES string of the molecule is Cc1cccc2cc(CN3N=C(c4ccc5oc(N)nc5c4)C4C(N)=NC=NC43)n(C3CC3)c(=O)c12. The molecule has 180 valence electrons. The van der Waals surface area contributed by atoms with E-state index in [1.54, 1.807) is 0 Å². The number of pyridine rings is 1. The Morgan fingerprint density at radius 1 is 1.14 bits per heavy atom. The van der Waals surface area contributed by atoms with Gasteiger partial charge in [-0.25, -0.2) is 9.98 Å². The summed E-state index contributed by atoms with van der Waals surface area (Å²) in [7, 11) is 0. The van der Waals surface area contributed by atoms with Crippen LogP contribution in [0.25, 0.3) is 21.9 Å². The summed E-state index contributed by atoms with van der Waals surface area (Å²) < 4.78 is 7.37. The summed E-state index contributed by atoms with van der Waals surface area (Å²) in [5.41, 5.74) is 16.9. The summed E-state index contributed by atoms with van der Waals surface area (Å²) in [5.74, 6) is 0.130. The van der Waals surface area contributed by atoms with Gasteiger partial charge >= 0.3 is 0 Å². The van der Waals surface area contributed by atoms with Crippen LogP contribution < -0.4 is 17.0 Å². The summed E-state index contributed by atoms with van der Waals surface area (Å²) in [6.07, 6.45) is 3.14. The largest absolute Gasteiger partial charge is 0.424 e. The van der Waals surface area contributed by atoms with Crippen LogP contribution in [0, 0.1) is 12.8 Å². The van der Waals surface area contributed by atoms with Gasteiger partial charge in [-0.3, -0.25) is 9.80 Å². The third-order valence-corrected chi connectivity index (χ3v) is 7.18. The van der Waals surface area contributed by atoms with E-state index in [-0.39, 0.29) is 29.7 Å². The molecule has 3 aliphatic rings. The van der Waals surface area contributed by atoms with Crippen molar-refractivity contribution < 1.29 is 4.42 Å². The van der Waals surface area contributed by atoms with E-state index >= 15 is 0 Å². The number of benzene rings is 2. The zero-order chi connectivity index (χ0) is 24.6. The van der Waals surface area contributed by atoms with Gasteiger partial charge in [-0.1, -0.05) is 18.2 Å². The molecule has 0 radical (unpaired) electrons. The van der Waals surface area contributed by atoms with Crippen molar-refractivity contribution in [3.63, 3.8) is 0 Å². The maximum atomic E-state index is 13.6. The van der Waals surface area contributed by atoms with Crippen LogP contribution in [0.2, 0.25) is 0 Å². The molecule has 1 fully saturated rings. The fraction of sp³-hybridized carbons (Fsp3) is 0.269. The van der Waals surface area contributed by atoms with Crippen LogP contribution >= 0.6 is 0 Å². The number of aryl methyl sites for hydroxylation is 1. The smallest absolute Gasteiger partial charge is 0.292 e. The molecule has 2 aromatic carbocycles. The molecule has 4 aromatic rings. The summed E-state index contributed by atoms with van der Waals surface area (Å²) in [4.78, 5) is 26.7. The lowest BCUT2D eigenvalue weighted by atomic mass is 9.93.